The number of halogens is 1. The molecule has 0 amide bonds. The lowest BCUT2D eigenvalue weighted by Crippen LogP contribution is -2.47. The van der Waals surface area contributed by atoms with Crippen molar-refractivity contribution in [3.05, 3.63) is 70.2 Å². The number of fused-ring (bicyclic) bond motifs is 3. The number of rotatable bonds is 7. The zero-order valence-corrected chi connectivity index (χ0v) is 19.0. The lowest BCUT2D eigenvalue weighted by Gasteiger charge is -2.41. The van der Waals surface area contributed by atoms with Gasteiger partial charge in [0.2, 0.25) is 0 Å². The Morgan fingerprint density at radius 2 is 1.57 bits per heavy atom. The summed E-state index contributed by atoms with van der Waals surface area (Å²) in [7, 11) is 0. The Balaban J connectivity index is 1.21. The van der Waals surface area contributed by atoms with Crippen molar-refractivity contribution in [3.8, 4) is 0 Å². The molecule has 2 heterocycles. The van der Waals surface area contributed by atoms with Gasteiger partial charge in [-0.05, 0) is 86.2 Å². The fourth-order valence-corrected chi connectivity index (χ4v) is 6.56. The molecule has 2 aliphatic heterocycles. The van der Waals surface area contributed by atoms with Crippen molar-refractivity contribution < 1.29 is 0 Å². The monoisotopic (exact) mass is 422 g/mol. The van der Waals surface area contributed by atoms with Gasteiger partial charge in [-0.15, -0.1) is 0 Å². The largest absolute Gasteiger partial charge is 0.299 e. The van der Waals surface area contributed by atoms with Crippen LogP contribution in [0.1, 0.15) is 55.7 Å². The fourth-order valence-electron chi connectivity index (χ4n) is 6.43. The van der Waals surface area contributed by atoms with Gasteiger partial charge < -0.3 is 0 Å². The van der Waals surface area contributed by atoms with Crippen LogP contribution in [-0.2, 0) is 19.4 Å². The minimum Gasteiger partial charge on any atom is -0.299 e. The highest BCUT2D eigenvalue weighted by Crippen LogP contribution is 2.40. The summed E-state index contributed by atoms with van der Waals surface area (Å²) in [6.07, 6.45) is 9.29. The highest BCUT2D eigenvalue weighted by Gasteiger charge is 2.41. The number of hydrogen-bond acceptors (Lipinski definition) is 2. The molecule has 1 aliphatic carbocycles. The van der Waals surface area contributed by atoms with Crippen molar-refractivity contribution in [1.29, 1.82) is 0 Å². The van der Waals surface area contributed by atoms with Crippen LogP contribution < -0.4 is 0 Å². The van der Waals surface area contributed by atoms with Crippen LogP contribution in [0, 0.1) is 5.92 Å². The first-order valence-electron chi connectivity index (χ1n) is 12.0. The zero-order valence-electron chi connectivity index (χ0n) is 18.3. The molecule has 0 spiro atoms. The van der Waals surface area contributed by atoms with Crippen LogP contribution in [0.25, 0.3) is 0 Å². The van der Waals surface area contributed by atoms with Gasteiger partial charge in [0.15, 0.2) is 0 Å². The third-order valence-electron chi connectivity index (χ3n) is 7.81. The second-order valence-electron chi connectivity index (χ2n) is 9.85. The topological polar surface area (TPSA) is 6.48 Å². The van der Waals surface area contributed by atoms with Gasteiger partial charge in [0.1, 0.15) is 0 Å². The maximum Gasteiger partial charge on any atom is 0.0406 e. The number of piperidine rings is 1. The lowest BCUT2D eigenvalue weighted by molar-refractivity contribution is 0.0670. The molecule has 5 rings (SSSR count). The quantitative estimate of drug-likeness (QED) is 0.542. The van der Waals surface area contributed by atoms with Crippen molar-refractivity contribution in [2.75, 3.05) is 13.1 Å². The van der Waals surface area contributed by atoms with Crippen LogP contribution in [0.15, 0.2) is 48.5 Å². The highest BCUT2D eigenvalue weighted by molar-refractivity contribution is 6.30. The average molecular weight is 423 g/mol. The molecule has 160 valence electrons. The first-order chi connectivity index (χ1) is 14.7. The summed E-state index contributed by atoms with van der Waals surface area (Å²) in [6.45, 7) is 5.98. The summed E-state index contributed by atoms with van der Waals surface area (Å²) in [5, 5.41) is 0.838. The van der Waals surface area contributed by atoms with Crippen molar-refractivity contribution in [2.45, 2.75) is 76.5 Å². The molecule has 2 aromatic carbocycles. The predicted octanol–water partition coefficient (Wildman–Crippen LogP) is 5.96. The molecule has 30 heavy (non-hydrogen) atoms. The minimum absolute atomic E-state index is 0.715. The first kappa shape index (κ1) is 20.5. The van der Waals surface area contributed by atoms with E-state index in [1.807, 2.05) is 12.1 Å². The number of nitrogens with zero attached hydrogens (tertiary/aromatic N) is 2. The van der Waals surface area contributed by atoms with Gasteiger partial charge >= 0.3 is 0 Å². The molecule has 2 saturated heterocycles. The number of benzene rings is 2. The van der Waals surface area contributed by atoms with E-state index in [0.29, 0.717) is 6.04 Å². The van der Waals surface area contributed by atoms with Gasteiger partial charge in [-0.1, -0.05) is 54.9 Å². The van der Waals surface area contributed by atoms with E-state index in [0.717, 1.165) is 29.6 Å². The molecular weight excluding hydrogens is 388 g/mol. The van der Waals surface area contributed by atoms with E-state index in [4.69, 9.17) is 11.6 Å². The van der Waals surface area contributed by atoms with Gasteiger partial charge in [-0.25, -0.2) is 0 Å². The van der Waals surface area contributed by atoms with Gasteiger partial charge in [0.25, 0.3) is 0 Å². The average Bonchev–Trinajstić information content (AvgIpc) is 3.27. The Labute approximate surface area is 187 Å². The second kappa shape index (κ2) is 9.02. The van der Waals surface area contributed by atoms with Gasteiger partial charge in [0, 0.05) is 36.2 Å². The Hall–Kier alpha value is -1.35. The Bertz CT molecular complexity index is 809. The smallest absolute Gasteiger partial charge is 0.0406 e. The van der Waals surface area contributed by atoms with Crippen molar-refractivity contribution in [2.24, 2.45) is 5.92 Å². The summed E-state index contributed by atoms with van der Waals surface area (Å²) >= 11 is 6.08. The van der Waals surface area contributed by atoms with E-state index >= 15 is 0 Å². The molecule has 2 fully saturated rings. The molecule has 2 aromatic rings. The Morgan fingerprint density at radius 1 is 0.933 bits per heavy atom. The molecular formula is C27H35ClN2. The number of hydrogen-bond donors (Lipinski definition) is 0. The Morgan fingerprint density at radius 3 is 2.17 bits per heavy atom. The Kier molecular flexibility index (Phi) is 6.18. The normalized spacial score (nSPS) is 26.4. The van der Waals surface area contributed by atoms with Crippen molar-refractivity contribution in [1.82, 2.24) is 9.80 Å². The van der Waals surface area contributed by atoms with Crippen LogP contribution in [0.2, 0.25) is 5.02 Å². The van der Waals surface area contributed by atoms with Crippen LogP contribution >= 0.6 is 11.6 Å². The minimum atomic E-state index is 0.715. The zero-order chi connectivity index (χ0) is 20.5. The third-order valence-corrected chi connectivity index (χ3v) is 8.06. The third kappa shape index (κ3) is 4.33. The van der Waals surface area contributed by atoms with Crippen molar-refractivity contribution in [3.63, 3.8) is 0 Å². The first-order valence-corrected chi connectivity index (χ1v) is 12.4. The van der Waals surface area contributed by atoms with E-state index in [-0.39, 0.29) is 0 Å². The van der Waals surface area contributed by atoms with Gasteiger partial charge in [-0.2, -0.15) is 0 Å². The van der Waals surface area contributed by atoms with Gasteiger partial charge in [0.05, 0.1) is 0 Å². The molecule has 0 unspecified atom stereocenters. The van der Waals surface area contributed by atoms with Crippen LogP contribution in [0.5, 0.6) is 0 Å². The van der Waals surface area contributed by atoms with Crippen molar-refractivity contribution >= 4 is 11.6 Å². The molecule has 0 radical (unpaired) electrons. The summed E-state index contributed by atoms with van der Waals surface area (Å²) in [5.74, 6) is 0.860. The molecule has 0 N–H and O–H groups in total. The maximum absolute atomic E-state index is 6.08. The summed E-state index contributed by atoms with van der Waals surface area (Å²) in [6, 6.07) is 19.8. The van der Waals surface area contributed by atoms with E-state index in [1.165, 1.54) is 63.6 Å². The molecule has 0 aromatic heterocycles. The van der Waals surface area contributed by atoms with Gasteiger partial charge in [-0.3, -0.25) is 9.80 Å². The summed E-state index contributed by atoms with van der Waals surface area (Å²) in [4.78, 5) is 5.65. The molecule has 3 aliphatic rings. The molecule has 2 nitrogen and oxygen atoms in total. The second-order valence-corrected chi connectivity index (χ2v) is 10.3. The maximum atomic E-state index is 6.08. The van der Waals surface area contributed by atoms with E-state index < -0.39 is 0 Å². The summed E-state index contributed by atoms with van der Waals surface area (Å²) in [5.41, 5.74) is 4.58. The standard InChI is InChI=1S/C27H35ClN2/c1-2-13-29(27-16-22-5-3-4-6-23(22)17-27)18-21-14-25-11-12-26(15-21)30(25)19-20-7-9-24(28)10-8-20/h3-10,21,25-27H,2,11-19H2,1H3/t21-,25-,26+. The van der Waals surface area contributed by atoms with E-state index in [9.17, 15) is 0 Å². The highest BCUT2D eigenvalue weighted by atomic mass is 35.5. The molecule has 3 heteroatoms. The predicted molar refractivity (Wildman–Crippen MR) is 126 cm³/mol. The van der Waals surface area contributed by atoms with Crippen LogP contribution in [0.3, 0.4) is 0 Å². The molecule has 2 bridgehead atoms. The van der Waals surface area contributed by atoms with E-state index in [2.05, 4.69) is 53.1 Å². The van der Waals surface area contributed by atoms with Crippen LogP contribution in [0.4, 0.5) is 0 Å². The van der Waals surface area contributed by atoms with E-state index in [1.54, 1.807) is 11.1 Å². The molecule has 0 saturated carbocycles. The van der Waals surface area contributed by atoms with Crippen LogP contribution in [-0.4, -0.2) is 41.0 Å². The molecule has 3 atom stereocenters. The SMILES string of the molecule is CCCN(C[C@@H]1C[C@H]2CC[C@@H](C1)N2Cc1ccc(Cl)cc1)C1Cc2ccccc2C1. The lowest BCUT2D eigenvalue weighted by atomic mass is 9.89. The summed E-state index contributed by atoms with van der Waals surface area (Å²) < 4.78 is 0. The fraction of sp³-hybridized carbons (Fsp3) is 0.556.